The molecule has 0 radical (unpaired) electrons. The monoisotopic (exact) mass is 787 g/mol. The number of rotatable bonds is 8. The largest absolute Gasteiger partial charge is 0.481 e. The summed E-state index contributed by atoms with van der Waals surface area (Å²) in [5, 5.41) is 10.4. The zero-order valence-corrected chi connectivity index (χ0v) is 29.4. The summed E-state index contributed by atoms with van der Waals surface area (Å²) < 4.78 is 102. The molecule has 0 saturated heterocycles. The van der Waals surface area contributed by atoms with Gasteiger partial charge in [0.25, 0.3) is 20.0 Å². The molecule has 12 nitrogen and oxygen atoms in total. The van der Waals surface area contributed by atoms with Crippen LogP contribution in [0.4, 0.5) is 24.7 Å². The van der Waals surface area contributed by atoms with Gasteiger partial charge in [-0.25, -0.2) is 30.0 Å². The highest BCUT2D eigenvalue weighted by Gasteiger charge is 2.24. The summed E-state index contributed by atoms with van der Waals surface area (Å²) in [6.45, 7) is 0. The van der Waals surface area contributed by atoms with Crippen LogP contribution in [0, 0.1) is 28.8 Å². The Kier molecular flexibility index (Phi) is 9.92. The van der Waals surface area contributed by atoms with Crippen LogP contribution < -0.4 is 14.2 Å². The molecule has 0 amide bonds. The Hall–Kier alpha value is -5.54. The molecule has 0 aliphatic heterocycles. The minimum atomic E-state index is -4.18. The predicted molar refractivity (Wildman–Crippen MR) is 190 cm³/mol. The van der Waals surface area contributed by atoms with Crippen LogP contribution in [0.2, 0.25) is 10.0 Å². The van der Waals surface area contributed by atoms with E-state index >= 15 is 0 Å². The maximum Gasteiger partial charge on any atom is 0.265 e. The number of aromatic amines is 2. The Bertz CT molecular complexity index is 2790. The van der Waals surface area contributed by atoms with Crippen LogP contribution in [0.5, 0.6) is 5.88 Å². The molecule has 0 unspecified atom stereocenters. The number of hydrogen-bond donors (Lipinski definition) is 4. The second-order valence-electron chi connectivity index (χ2n) is 10.8. The number of benzene rings is 3. The molecule has 3 aromatic carbocycles. The van der Waals surface area contributed by atoms with Crippen molar-refractivity contribution in [2.45, 2.75) is 16.2 Å². The molecule has 266 valence electrons. The first-order valence-electron chi connectivity index (χ1n) is 14.6. The van der Waals surface area contributed by atoms with Crippen molar-refractivity contribution in [3.63, 3.8) is 0 Å². The third-order valence-electron chi connectivity index (χ3n) is 7.54. The number of sulfonamides is 2. The zero-order chi connectivity index (χ0) is 37.4. The lowest BCUT2D eigenvalue weighted by Gasteiger charge is -2.11. The minimum absolute atomic E-state index is 0.0311. The average Bonchev–Trinajstić information content (AvgIpc) is 3.74. The van der Waals surface area contributed by atoms with Gasteiger partial charge >= 0.3 is 0 Å². The number of anilines is 2. The maximum atomic E-state index is 14.2. The van der Waals surface area contributed by atoms with Crippen LogP contribution in [0.25, 0.3) is 32.7 Å². The van der Waals surface area contributed by atoms with E-state index in [2.05, 4.69) is 29.4 Å². The molecule has 0 fully saturated rings. The van der Waals surface area contributed by atoms with Crippen molar-refractivity contribution in [3.8, 4) is 11.9 Å². The summed E-state index contributed by atoms with van der Waals surface area (Å²) in [4.78, 5) is 13.6. The first kappa shape index (κ1) is 36.3. The van der Waals surface area contributed by atoms with Gasteiger partial charge in [0, 0.05) is 56.9 Å². The maximum absolute atomic E-state index is 14.2. The Labute approximate surface area is 303 Å². The van der Waals surface area contributed by atoms with Gasteiger partial charge in [-0.05, 0) is 36.4 Å². The van der Waals surface area contributed by atoms with Crippen molar-refractivity contribution >= 4 is 87.5 Å². The Morgan fingerprint density at radius 2 is 1.58 bits per heavy atom. The highest BCUT2D eigenvalue weighted by Crippen LogP contribution is 2.32. The van der Waals surface area contributed by atoms with E-state index < -0.39 is 54.0 Å². The molecular formula is C33H22Cl2F3N7O5S2. The normalized spacial score (nSPS) is 11.6. The molecule has 19 heteroatoms. The van der Waals surface area contributed by atoms with Crippen LogP contribution in [-0.2, 0) is 26.5 Å². The third-order valence-corrected chi connectivity index (χ3v) is 10.8. The van der Waals surface area contributed by atoms with Crippen molar-refractivity contribution in [1.29, 1.82) is 5.26 Å². The number of aromatic nitrogens is 4. The van der Waals surface area contributed by atoms with Gasteiger partial charge in [-0.3, -0.25) is 14.4 Å². The Morgan fingerprint density at radius 1 is 0.865 bits per heavy atom. The minimum Gasteiger partial charge on any atom is -0.481 e. The van der Waals surface area contributed by atoms with Gasteiger partial charge in [-0.15, -0.1) is 0 Å². The van der Waals surface area contributed by atoms with Gasteiger partial charge in [-0.2, -0.15) is 10.2 Å². The molecule has 4 aromatic heterocycles. The molecule has 7 aromatic rings. The summed E-state index contributed by atoms with van der Waals surface area (Å²) in [5.41, 5.74) is 1.35. The summed E-state index contributed by atoms with van der Waals surface area (Å²) in [6, 6.07) is 15.9. The van der Waals surface area contributed by atoms with Gasteiger partial charge in [0.1, 0.15) is 21.4 Å². The second-order valence-corrected chi connectivity index (χ2v) is 15.0. The number of nitriles is 1. The number of halogens is 5. The number of ether oxygens (including phenoxy) is 1. The number of nitrogens with zero attached hydrogens (tertiary/aromatic N) is 3. The first-order chi connectivity index (χ1) is 24.7. The van der Waals surface area contributed by atoms with Crippen LogP contribution in [0.15, 0.2) is 89.0 Å². The molecule has 0 atom stereocenters. The molecule has 0 spiro atoms. The molecule has 0 saturated carbocycles. The number of hydrogen-bond acceptors (Lipinski definition) is 8. The average molecular weight is 789 g/mol. The summed E-state index contributed by atoms with van der Waals surface area (Å²) in [5.74, 6) is -3.38. The van der Waals surface area contributed by atoms with Crippen LogP contribution in [0.1, 0.15) is 5.56 Å². The van der Waals surface area contributed by atoms with E-state index in [0.29, 0.717) is 44.5 Å². The second kappa shape index (κ2) is 14.2. The van der Waals surface area contributed by atoms with Crippen molar-refractivity contribution in [2.75, 3.05) is 16.6 Å². The van der Waals surface area contributed by atoms with Gasteiger partial charge in [0.15, 0.2) is 11.6 Å². The van der Waals surface area contributed by atoms with Crippen molar-refractivity contribution in [1.82, 2.24) is 19.9 Å². The molecule has 7 rings (SSSR count). The molecule has 0 bridgehead atoms. The topological polar surface area (TPSA) is 183 Å². The lowest BCUT2D eigenvalue weighted by Crippen LogP contribution is -2.15. The van der Waals surface area contributed by atoms with Gasteiger partial charge in [-0.1, -0.05) is 41.4 Å². The number of methoxy groups -OCH3 is 1. The van der Waals surface area contributed by atoms with E-state index in [1.807, 2.05) is 12.1 Å². The Balaban J connectivity index is 0.000000179. The molecule has 0 aliphatic carbocycles. The van der Waals surface area contributed by atoms with E-state index in [1.54, 1.807) is 42.6 Å². The van der Waals surface area contributed by atoms with Crippen LogP contribution >= 0.6 is 23.2 Å². The summed E-state index contributed by atoms with van der Waals surface area (Å²) >= 11 is 11.4. The van der Waals surface area contributed by atoms with Gasteiger partial charge in [0.2, 0.25) is 5.88 Å². The first-order valence-corrected chi connectivity index (χ1v) is 18.4. The number of H-pyrrole nitrogens is 2. The highest BCUT2D eigenvalue weighted by molar-refractivity contribution is 7.93. The van der Waals surface area contributed by atoms with Crippen molar-refractivity contribution in [3.05, 3.63) is 112 Å². The summed E-state index contributed by atoms with van der Waals surface area (Å²) in [7, 11) is -7.01. The number of fused-ring (bicyclic) bond motifs is 4. The summed E-state index contributed by atoms with van der Waals surface area (Å²) in [6.07, 6.45) is 4.04. The molecule has 0 aliphatic rings. The number of pyridine rings is 2. The third kappa shape index (κ3) is 7.14. The lowest BCUT2D eigenvalue weighted by atomic mass is 10.1. The predicted octanol–water partition coefficient (Wildman–Crippen LogP) is 7.68. The molecule has 52 heavy (non-hydrogen) atoms. The quantitative estimate of drug-likeness (QED) is 0.113. The van der Waals surface area contributed by atoms with E-state index in [1.165, 1.54) is 19.5 Å². The van der Waals surface area contributed by atoms with Crippen molar-refractivity contribution in [2.24, 2.45) is 0 Å². The van der Waals surface area contributed by atoms with Crippen molar-refractivity contribution < 1.29 is 34.7 Å². The smallest absolute Gasteiger partial charge is 0.265 e. The molecular weight excluding hydrogens is 766 g/mol. The Morgan fingerprint density at radius 3 is 2.33 bits per heavy atom. The fourth-order valence-corrected chi connectivity index (χ4v) is 7.92. The van der Waals surface area contributed by atoms with Gasteiger partial charge in [0.05, 0.1) is 41.3 Å². The van der Waals surface area contributed by atoms with Crippen LogP contribution in [-0.4, -0.2) is 43.9 Å². The van der Waals surface area contributed by atoms with Crippen LogP contribution in [0.3, 0.4) is 0 Å². The SMILES string of the molecule is COc1nc(NS(=O)(=O)c2c[nH]c3cc(Cl)ccc23)c(F)cc1CC#N.O=S(=O)(Nc1cc(F)c(Cl)cc1F)c1c[nH]c2c1ccc1cccnc12. The molecule has 4 heterocycles. The van der Waals surface area contributed by atoms with E-state index in [4.69, 9.17) is 33.2 Å². The van der Waals surface area contributed by atoms with Gasteiger partial charge < -0.3 is 14.7 Å². The zero-order valence-electron chi connectivity index (χ0n) is 26.3. The van der Waals surface area contributed by atoms with E-state index in [0.717, 1.165) is 11.5 Å². The standard InChI is InChI=1S/C17H10ClF2N3O2S.C16H12ClFN4O3S/c18-11-6-13(20)14(7-12(11)19)23-26(24,25)15-8-22-17-10(15)4-3-9-2-1-5-21-16(9)17;1-25-16-9(4-5-19)6-12(18)15(21-16)22-26(23,24)14-8-20-13-7-10(17)2-3-11(13)14/h1-8,22-23H;2-3,6-8,20H,4H2,1H3,(H,21,22). The fourth-order valence-electron chi connectivity index (χ4n) is 5.18. The number of nitrogens with one attached hydrogen (secondary N) is 4. The van der Waals surface area contributed by atoms with E-state index in [-0.39, 0.29) is 27.7 Å². The fraction of sp³-hybridized carbons (Fsp3) is 0.0606. The van der Waals surface area contributed by atoms with E-state index in [9.17, 15) is 30.0 Å². The highest BCUT2D eigenvalue weighted by atomic mass is 35.5. The lowest BCUT2D eigenvalue weighted by molar-refractivity contribution is 0.392. The molecule has 4 N–H and O–H groups in total.